The summed E-state index contributed by atoms with van der Waals surface area (Å²) in [7, 11) is 1.37. The van der Waals surface area contributed by atoms with E-state index >= 15 is 0 Å². The van der Waals surface area contributed by atoms with Crippen LogP contribution in [0.25, 0.3) is 0 Å². The van der Waals surface area contributed by atoms with Crippen molar-refractivity contribution in [1.82, 2.24) is 0 Å². The summed E-state index contributed by atoms with van der Waals surface area (Å²) in [4.78, 5) is 24.7. The molecule has 0 aliphatic carbocycles. The molecule has 0 aliphatic heterocycles. The minimum absolute atomic E-state index is 0.220. The third-order valence-corrected chi connectivity index (χ3v) is 4.00. The second-order valence-corrected chi connectivity index (χ2v) is 5.75. The molecule has 0 radical (unpaired) electrons. The summed E-state index contributed by atoms with van der Waals surface area (Å²) >= 11 is 5.98. The van der Waals surface area contributed by atoms with Gasteiger partial charge in [0.05, 0.1) is 18.9 Å². The Balaban J connectivity index is 2.29. The van der Waals surface area contributed by atoms with Crippen molar-refractivity contribution in [1.29, 1.82) is 5.26 Å². The molecule has 1 atom stereocenters. The molecule has 2 rings (SSSR count). The number of hydrogen-bond acceptors (Lipinski definition) is 4. The summed E-state index contributed by atoms with van der Waals surface area (Å²) in [5, 5.41) is 12.0. The minimum Gasteiger partial charge on any atom is -0.495 e. The van der Waals surface area contributed by atoms with Crippen LogP contribution in [-0.2, 0) is 4.79 Å². The number of methoxy groups -OCH3 is 1. The normalized spacial score (nSPS) is 11.4. The lowest BCUT2D eigenvalue weighted by Crippen LogP contribution is -2.29. The molecule has 5 nitrogen and oxygen atoms in total. The van der Waals surface area contributed by atoms with Gasteiger partial charge in [0, 0.05) is 16.7 Å². The van der Waals surface area contributed by atoms with Crippen molar-refractivity contribution in [3.8, 4) is 11.8 Å². The average Bonchev–Trinajstić information content (AvgIpc) is 2.60. The summed E-state index contributed by atoms with van der Waals surface area (Å²) in [6, 6.07) is 6.97. The van der Waals surface area contributed by atoms with E-state index in [2.05, 4.69) is 5.32 Å². The summed E-state index contributed by atoms with van der Waals surface area (Å²) in [6.07, 6.45) is 0. The van der Waals surface area contributed by atoms with E-state index in [1.54, 1.807) is 13.0 Å². The smallest absolute Gasteiger partial charge is 0.249 e. The quantitative estimate of drug-likeness (QED) is 0.632. The first-order valence-corrected chi connectivity index (χ1v) is 7.70. The van der Waals surface area contributed by atoms with Gasteiger partial charge >= 0.3 is 0 Å². The van der Waals surface area contributed by atoms with Gasteiger partial charge in [-0.2, -0.15) is 5.26 Å². The van der Waals surface area contributed by atoms with Crippen LogP contribution in [0.5, 0.6) is 5.75 Å². The van der Waals surface area contributed by atoms with Crippen LogP contribution < -0.4 is 10.1 Å². The Morgan fingerprint density at radius 1 is 1.23 bits per heavy atom. The number of hydrogen-bond donors (Lipinski definition) is 1. The van der Waals surface area contributed by atoms with Gasteiger partial charge in [0.1, 0.15) is 5.75 Å². The lowest BCUT2D eigenvalue weighted by atomic mass is 9.97. The standard InChI is InChI=1S/C18H13ClF2N2O3/c1-9-5-15(16(26-2)7-12(9)19)23-18(25)11(8-22)17(24)10-3-4-13(20)14(21)6-10/h3-7,11H,1-2H3,(H,23,25). The fraction of sp³-hybridized carbons (Fsp3) is 0.167. The molecular formula is C18H13ClF2N2O3. The fourth-order valence-corrected chi connectivity index (χ4v) is 2.34. The number of nitrogens with zero attached hydrogens (tertiary/aromatic N) is 1. The molecule has 0 saturated heterocycles. The van der Waals surface area contributed by atoms with Crippen LogP contribution >= 0.6 is 11.6 Å². The van der Waals surface area contributed by atoms with Gasteiger partial charge in [-0.05, 0) is 36.8 Å². The lowest BCUT2D eigenvalue weighted by molar-refractivity contribution is -0.117. The van der Waals surface area contributed by atoms with Crippen molar-refractivity contribution in [2.45, 2.75) is 6.92 Å². The van der Waals surface area contributed by atoms with Crippen molar-refractivity contribution in [3.63, 3.8) is 0 Å². The highest BCUT2D eigenvalue weighted by Gasteiger charge is 2.29. The molecule has 0 aliphatic rings. The molecule has 1 unspecified atom stereocenters. The van der Waals surface area contributed by atoms with Crippen LogP contribution in [0.2, 0.25) is 5.02 Å². The Labute approximate surface area is 153 Å². The number of carbonyl (C=O) groups excluding carboxylic acids is 2. The minimum atomic E-state index is -1.75. The number of nitrogens with one attached hydrogen (secondary N) is 1. The zero-order valence-corrected chi connectivity index (χ0v) is 14.5. The van der Waals surface area contributed by atoms with E-state index in [0.717, 1.165) is 12.1 Å². The first kappa shape index (κ1) is 19.3. The van der Waals surface area contributed by atoms with Gasteiger partial charge in [0.15, 0.2) is 23.3 Å². The number of ether oxygens (including phenoxy) is 1. The molecule has 0 heterocycles. The summed E-state index contributed by atoms with van der Waals surface area (Å²) in [5.74, 6) is -5.77. The van der Waals surface area contributed by atoms with Crippen molar-refractivity contribution >= 4 is 29.0 Å². The number of nitriles is 1. The van der Waals surface area contributed by atoms with Crippen LogP contribution in [0.1, 0.15) is 15.9 Å². The van der Waals surface area contributed by atoms with E-state index in [-0.39, 0.29) is 17.0 Å². The van der Waals surface area contributed by atoms with E-state index in [1.165, 1.54) is 19.2 Å². The Bertz CT molecular complexity index is 925. The number of Topliss-reactive ketones (excluding diaryl/α,β-unsaturated/α-hetero) is 1. The number of benzene rings is 2. The second-order valence-electron chi connectivity index (χ2n) is 5.35. The summed E-state index contributed by atoms with van der Waals surface area (Å²) in [5.41, 5.74) is 0.575. The number of aryl methyl sites for hydroxylation is 1. The summed E-state index contributed by atoms with van der Waals surface area (Å²) in [6.45, 7) is 1.70. The van der Waals surface area contributed by atoms with Crippen LogP contribution in [0, 0.1) is 35.8 Å². The molecule has 26 heavy (non-hydrogen) atoms. The highest BCUT2D eigenvalue weighted by atomic mass is 35.5. The molecule has 1 N–H and O–H groups in total. The van der Waals surface area contributed by atoms with Gasteiger partial charge in [-0.1, -0.05) is 11.6 Å². The molecule has 1 amide bonds. The highest BCUT2D eigenvalue weighted by Crippen LogP contribution is 2.31. The highest BCUT2D eigenvalue weighted by molar-refractivity contribution is 6.31. The molecular weight excluding hydrogens is 366 g/mol. The second kappa shape index (κ2) is 7.93. The predicted molar refractivity (Wildman–Crippen MR) is 91.2 cm³/mol. The first-order chi connectivity index (χ1) is 12.3. The van der Waals surface area contributed by atoms with Gasteiger partial charge in [-0.3, -0.25) is 9.59 Å². The van der Waals surface area contributed by atoms with Crippen molar-refractivity contribution in [3.05, 3.63) is 58.1 Å². The maximum Gasteiger partial charge on any atom is 0.249 e. The molecule has 0 bridgehead atoms. The topological polar surface area (TPSA) is 79.2 Å². The summed E-state index contributed by atoms with van der Waals surface area (Å²) < 4.78 is 31.4. The number of halogens is 3. The molecule has 0 aromatic heterocycles. The zero-order valence-electron chi connectivity index (χ0n) is 13.8. The largest absolute Gasteiger partial charge is 0.495 e. The monoisotopic (exact) mass is 378 g/mol. The van der Waals surface area contributed by atoms with Crippen molar-refractivity contribution in [2.24, 2.45) is 5.92 Å². The van der Waals surface area contributed by atoms with Gasteiger partial charge in [0.25, 0.3) is 0 Å². The van der Waals surface area contributed by atoms with E-state index in [9.17, 15) is 23.6 Å². The molecule has 0 spiro atoms. The number of amides is 1. The van der Waals surface area contributed by atoms with Gasteiger partial charge in [-0.25, -0.2) is 8.78 Å². The number of ketones is 1. The van der Waals surface area contributed by atoms with E-state index in [0.29, 0.717) is 16.7 Å². The van der Waals surface area contributed by atoms with Crippen LogP contribution in [0.3, 0.4) is 0 Å². The van der Waals surface area contributed by atoms with Gasteiger partial charge in [0.2, 0.25) is 5.91 Å². The Kier molecular flexibility index (Phi) is 5.90. The number of anilines is 1. The third-order valence-electron chi connectivity index (χ3n) is 3.60. The maximum absolute atomic E-state index is 13.3. The fourth-order valence-electron chi connectivity index (χ4n) is 2.19. The van der Waals surface area contributed by atoms with E-state index in [1.807, 2.05) is 0 Å². The van der Waals surface area contributed by atoms with Crippen LogP contribution in [0.15, 0.2) is 30.3 Å². The van der Waals surface area contributed by atoms with Gasteiger partial charge in [-0.15, -0.1) is 0 Å². The van der Waals surface area contributed by atoms with Gasteiger partial charge < -0.3 is 10.1 Å². The van der Waals surface area contributed by atoms with Crippen molar-refractivity contribution < 1.29 is 23.1 Å². The van der Waals surface area contributed by atoms with Crippen molar-refractivity contribution in [2.75, 3.05) is 12.4 Å². The Hall–Kier alpha value is -2.98. The number of carbonyl (C=O) groups is 2. The van der Waals surface area contributed by atoms with Crippen LogP contribution in [-0.4, -0.2) is 18.8 Å². The molecule has 0 fully saturated rings. The SMILES string of the molecule is COc1cc(Cl)c(C)cc1NC(=O)C(C#N)C(=O)c1ccc(F)c(F)c1. The number of rotatable bonds is 5. The first-order valence-electron chi connectivity index (χ1n) is 7.32. The molecule has 0 saturated carbocycles. The van der Waals surface area contributed by atoms with E-state index < -0.39 is 29.2 Å². The molecule has 2 aromatic rings. The zero-order chi connectivity index (χ0) is 19.4. The predicted octanol–water partition coefficient (Wildman–Crippen LogP) is 3.90. The molecule has 8 heteroatoms. The molecule has 134 valence electrons. The maximum atomic E-state index is 13.3. The third kappa shape index (κ3) is 3.98. The van der Waals surface area contributed by atoms with Crippen LogP contribution in [0.4, 0.5) is 14.5 Å². The Morgan fingerprint density at radius 3 is 2.50 bits per heavy atom. The molecule has 2 aromatic carbocycles. The van der Waals surface area contributed by atoms with E-state index in [4.69, 9.17) is 16.3 Å². The average molecular weight is 379 g/mol. The lowest BCUT2D eigenvalue weighted by Gasteiger charge is -2.14. The Morgan fingerprint density at radius 2 is 1.92 bits per heavy atom.